The van der Waals surface area contributed by atoms with Crippen LogP contribution >= 0.6 is 0 Å². The number of fused-ring (bicyclic) bond motifs is 1. The van der Waals surface area contributed by atoms with Gasteiger partial charge in [0.25, 0.3) is 0 Å². The minimum absolute atomic E-state index is 0.0274. The van der Waals surface area contributed by atoms with E-state index in [4.69, 9.17) is 9.47 Å². The van der Waals surface area contributed by atoms with E-state index in [0.29, 0.717) is 16.8 Å². The molecule has 1 aromatic heterocycles. The van der Waals surface area contributed by atoms with E-state index in [1.807, 2.05) is 0 Å². The number of alkyl halides is 3. The summed E-state index contributed by atoms with van der Waals surface area (Å²) in [4.78, 5) is 29.0. The van der Waals surface area contributed by atoms with E-state index in [-0.39, 0.29) is 34.6 Å². The fraction of sp³-hybridized carbons (Fsp3) is 0.296. The van der Waals surface area contributed by atoms with Gasteiger partial charge in [0.15, 0.2) is 5.78 Å². The standard InChI is InChI=1S/C27H24F3NO8/c1-12-23(34)21-15(10-31-12)11-38-26(21)19-8-17(13(2)32)24(35)22(25(19)36)18(9-20(33)37-3)14-4-6-16(7-5-14)39-27(28,29)30/h4-8,10,18,26,34-36H,9,11H2,1-3H3/t18-,26+/m0/s1. The summed E-state index contributed by atoms with van der Waals surface area (Å²) in [6.07, 6.45) is -4.92. The van der Waals surface area contributed by atoms with Crippen molar-refractivity contribution in [2.45, 2.75) is 45.3 Å². The van der Waals surface area contributed by atoms with Crippen LogP contribution in [0.2, 0.25) is 0 Å². The van der Waals surface area contributed by atoms with Crippen LogP contribution in [-0.2, 0) is 20.9 Å². The number of esters is 1. The Kier molecular flexibility index (Phi) is 7.42. The van der Waals surface area contributed by atoms with Gasteiger partial charge in [-0.2, -0.15) is 0 Å². The average molecular weight is 547 g/mol. The minimum Gasteiger partial charge on any atom is -0.507 e. The molecule has 39 heavy (non-hydrogen) atoms. The maximum atomic E-state index is 12.6. The molecule has 4 rings (SSSR count). The van der Waals surface area contributed by atoms with Crippen molar-refractivity contribution in [1.29, 1.82) is 0 Å². The molecular formula is C27H24F3NO8. The molecule has 0 aliphatic carbocycles. The van der Waals surface area contributed by atoms with E-state index in [0.717, 1.165) is 19.2 Å². The topological polar surface area (TPSA) is 135 Å². The molecule has 0 bridgehead atoms. The molecule has 2 heterocycles. The third kappa shape index (κ3) is 5.46. The van der Waals surface area contributed by atoms with Crippen molar-refractivity contribution in [2.24, 2.45) is 0 Å². The summed E-state index contributed by atoms with van der Waals surface area (Å²) in [6.45, 7) is 2.80. The van der Waals surface area contributed by atoms with Crippen LogP contribution in [0.1, 0.15) is 69.2 Å². The van der Waals surface area contributed by atoms with Crippen LogP contribution in [0.4, 0.5) is 13.2 Å². The summed E-state index contributed by atoms with van der Waals surface area (Å²) < 4.78 is 52.4. The molecule has 0 spiro atoms. The van der Waals surface area contributed by atoms with Crippen molar-refractivity contribution >= 4 is 11.8 Å². The first kappa shape index (κ1) is 27.7. The highest BCUT2D eigenvalue weighted by atomic mass is 19.4. The number of ether oxygens (including phenoxy) is 3. The predicted octanol–water partition coefficient (Wildman–Crippen LogP) is 4.92. The second kappa shape index (κ2) is 10.4. The van der Waals surface area contributed by atoms with Crippen molar-refractivity contribution in [3.05, 3.63) is 75.6 Å². The van der Waals surface area contributed by atoms with Gasteiger partial charge < -0.3 is 29.5 Å². The lowest BCUT2D eigenvalue weighted by Gasteiger charge is -2.24. The third-order valence-electron chi connectivity index (χ3n) is 6.49. The zero-order chi connectivity index (χ0) is 28.6. The van der Waals surface area contributed by atoms with Crippen molar-refractivity contribution in [3.63, 3.8) is 0 Å². The Morgan fingerprint density at radius 3 is 2.38 bits per heavy atom. The first-order valence-electron chi connectivity index (χ1n) is 11.6. The Morgan fingerprint density at radius 2 is 1.79 bits per heavy atom. The molecule has 12 heteroatoms. The van der Waals surface area contributed by atoms with Crippen molar-refractivity contribution in [2.75, 3.05) is 7.11 Å². The van der Waals surface area contributed by atoms with Gasteiger partial charge in [-0.1, -0.05) is 12.1 Å². The summed E-state index contributed by atoms with van der Waals surface area (Å²) in [5.74, 6) is -4.34. The minimum atomic E-state index is -4.93. The molecule has 3 aromatic rings. The van der Waals surface area contributed by atoms with E-state index in [1.165, 1.54) is 31.3 Å². The van der Waals surface area contributed by atoms with Crippen LogP contribution in [0.5, 0.6) is 23.0 Å². The number of benzene rings is 2. The maximum Gasteiger partial charge on any atom is 0.573 e. The molecule has 0 fully saturated rings. The van der Waals surface area contributed by atoms with Crippen LogP contribution in [-0.4, -0.2) is 45.5 Å². The number of aromatic nitrogens is 1. The molecular weight excluding hydrogens is 523 g/mol. The highest BCUT2D eigenvalue weighted by Crippen LogP contribution is 2.50. The van der Waals surface area contributed by atoms with Gasteiger partial charge in [0.05, 0.1) is 31.4 Å². The summed E-state index contributed by atoms with van der Waals surface area (Å²) in [6, 6.07) is 5.73. The predicted molar refractivity (Wildman–Crippen MR) is 129 cm³/mol. The zero-order valence-electron chi connectivity index (χ0n) is 21.0. The van der Waals surface area contributed by atoms with E-state index in [9.17, 15) is 38.1 Å². The van der Waals surface area contributed by atoms with Gasteiger partial charge in [-0.3, -0.25) is 14.6 Å². The molecule has 1 aliphatic rings. The number of halogens is 3. The molecule has 0 radical (unpaired) electrons. The lowest BCUT2D eigenvalue weighted by atomic mass is 9.83. The smallest absolute Gasteiger partial charge is 0.507 e. The Morgan fingerprint density at radius 1 is 1.13 bits per heavy atom. The van der Waals surface area contributed by atoms with Crippen molar-refractivity contribution < 1.29 is 52.3 Å². The maximum absolute atomic E-state index is 12.6. The number of carbonyl (C=O) groups excluding carboxylic acids is 2. The molecule has 3 N–H and O–H groups in total. The average Bonchev–Trinajstić information content (AvgIpc) is 3.29. The normalized spacial score (nSPS) is 15.5. The number of Topliss-reactive ketones (excluding diaryl/α,β-unsaturated/α-hetero) is 1. The van der Waals surface area contributed by atoms with Gasteiger partial charge in [-0.25, -0.2) is 0 Å². The van der Waals surface area contributed by atoms with Crippen LogP contribution < -0.4 is 4.74 Å². The number of rotatable bonds is 7. The van der Waals surface area contributed by atoms with Crippen LogP contribution in [0.25, 0.3) is 0 Å². The number of aryl methyl sites for hydroxylation is 1. The summed E-state index contributed by atoms with van der Waals surface area (Å²) in [5.41, 5.74) is 0.971. The Labute approximate surface area is 220 Å². The molecule has 2 atom stereocenters. The van der Waals surface area contributed by atoms with Crippen molar-refractivity contribution in [1.82, 2.24) is 4.98 Å². The second-order valence-electron chi connectivity index (χ2n) is 8.95. The van der Waals surface area contributed by atoms with Crippen LogP contribution in [0.3, 0.4) is 0 Å². The lowest BCUT2D eigenvalue weighted by Crippen LogP contribution is -2.17. The molecule has 206 valence electrons. The number of pyridine rings is 1. The first-order valence-corrected chi connectivity index (χ1v) is 11.6. The number of hydrogen-bond acceptors (Lipinski definition) is 9. The fourth-order valence-electron chi connectivity index (χ4n) is 4.60. The highest BCUT2D eigenvalue weighted by molar-refractivity contribution is 5.98. The molecule has 2 aromatic carbocycles. The SMILES string of the molecule is COC(=O)C[C@@H](c1ccc(OC(F)(F)F)cc1)c1c(O)c(C(C)=O)cc([C@H]2OCc3cnc(C)c(O)c32)c1O. The van der Waals surface area contributed by atoms with Crippen LogP contribution in [0.15, 0.2) is 36.5 Å². The largest absolute Gasteiger partial charge is 0.573 e. The first-order chi connectivity index (χ1) is 18.3. The molecule has 0 saturated heterocycles. The van der Waals surface area contributed by atoms with Gasteiger partial charge in [0.2, 0.25) is 0 Å². The van der Waals surface area contributed by atoms with Crippen LogP contribution in [0, 0.1) is 6.92 Å². The highest BCUT2D eigenvalue weighted by Gasteiger charge is 2.36. The van der Waals surface area contributed by atoms with E-state index in [2.05, 4.69) is 9.72 Å². The number of phenolic OH excluding ortho intramolecular Hbond substituents is 2. The third-order valence-corrected chi connectivity index (χ3v) is 6.49. The summed E-state index contributed by atoms with van der Waals surface area (Å²) >= 11 is 0. The molecule has 0 saturated carbocycles. The van der Waals surface area contributed by atoms with E-state index >= 15 is 0 Å². The van der Waals surface area contributed by atoms with Crippen molar-refractivity contribution in [3.8, 4) is 23.0 Å². The van der Waals surface area contributed by atoms with Gasteiger partial charge in [0, 0.05) is 34.4 Å². The number of nitrogens with zero attached hydrogens (tertiary/aromatic N) is 1. The van der Waals surface area contributed by atoms with Gasteiger partial charge in [-0.15, -0.1) is 13.2 Å². The Balaban J connectivity index is 1.92. The number of phenols is 2. The quantitative estimate of drug-likeness (QED) is 0.278. The Bertz CT molecular complexity index is 1440. The molecule has 1 aliphatic heterocycles. The second-order valence-corrected chi connectivity index (χ2v) is 8.95. The zero-order valence-corrected chi connectivity index (χ0v) is 21.0. The molecule has 9 nitrogen and oxygen atoms in total. The van der Waals surface area contributed by atoms with E-state index in [1.54, 1.807) is 6.92 Å². The number of ketones is 1. The fourth-order valence-corrected chi connectivity index (χ4v) is 4.60. The number of methoxy groups -OCH3 is 1. The number of hydrogen-bond donors (Lipinski definition) is 3. The number of carbonyl (C=O) groups is 2. The molecule has 0 amide bonds. The summed E-state index contributed by atoms with van der Waals surface area (Å²) in [7, 11) is 1.12. The lowest BCUT2D eigenvalue weighted by molar-refractivity contribution is -0.274. The summed E-state index contributed by atoms with van der Waals surface area (Å²) in [5, 5.41) is 33.3. The van der Waals surface area contributed by atoms with Gasteiger partial charge >= 0.3 is 12.3 Å². The molecule has 0 unspecified atom stereocenters. The monoisotopic (exact) mass is 547 g/mol. The van der Waals surface area contributed by atoms with Gasteiger partial charge in [-0.05, 0) is 37.6 Å². The Hall–Kier alpha value is -4.32. The van der Waals surface area contributed by atoms with Gasteiger partial charge in [0.1, 0.15) is 29.1 Å². The number of aromatic hydroxyl groups is 3. The van der Waals surface area contributed by atoms with E-state index < -0.39 is 53.8 Å².